The molecule has 0 spiro atoms. The molecule has 4 rings (SSSR count). The standard InChI is InChI=1S/C29H35N9O4/c1-4-5-10-26-31-25(18-37(3)27(40)16-15-24(29(41)42)30-19(2)39)34-38(26)17-20-11-13-21(14-12-20)22-8-6-7-9-23(22)28-32-35-36-33-28/h6-9,11-14,24H,4-5,10,15-18H2,1-3H3,(H,30,39)(H,41,42)(H,32,33,35,36). The average Bonchev–Trinajstić information content (AvgIpc) is 3.64. The second-order valence-corrected chi connectivity index (χ2v) is 10.1. The topological polar surface area (TPSA) is 172 Å². The molecule has 0 saturated carbocycles. The summed E-state index contributed by atoms with van der Waals surface area (Å²) in [5, 5.41) is 30.8. The van der Waals surface area contributed by atoms with E-state index in [-0.39, 0.29) is 25.3 Å². The minimum atomic E-state index is -1.18. The normalized spacial score (nSPS) is 11.7. The number of carbonyl (C=O) groups excluding carboxylic acids is 2. The molecule has 13 heteroatoms. The lowest BCUT2D eigenvalue weighted by Gasteiger charge is -2.17. The van der Waals surface area contributed by atoms with E-state index in [9.17, 15) is 19.5 Å². The van der Waals surface area contributed by atoms with Crippen LogP contribution in [0.5, 0.6) is 0 Å². The SMILES string of the molecule is CCCCc1nc(CN(C)C(=O)CCC(NC(C)=O)C(=O)O)nn1Cc1ccc(-c2ccccc2-c2nn[nH]n2)cc1. The van der Waals surface area contributed by atoms with E-state index < -0.39 is 17.9 Å². The quantitative estimate of drug-likeness (QED) is 0.205. The lowest BCUT2D eigenvalue weighted by atomic mass is 9.98. The van der Waals surface area contributed by atoms with Crippen LogP contribution in [0.3, 0.4) is 0 Å². The summed E-state index contributed by atoms with van der Waals surface area (Å²) in [6.45, 7) is 4.07. The van der Waals surface area contributed by atoms with Gasteiger partial charge in [-0.2, -0.15) is 10.3 Å². The monoisotopic (exact) mass is 573 g/mol. The fourth-order valence-electron chi connectivity index (χ4n) is 4.57. The van der Waals surface area contributed by atoms with E-state index in [1.54, 1.807) is 7.05 Å². The summed E-state index contributed by atoms with van der Waals surface area (Å²) >= 11 is 0. The fourth-order valence-corrected chi connectivity index (χ4v) is 4.57. The Morgan fingerprint density at radius 3 is 2.48 bits per heavy atom. The van der Waals surface area contributed by atoms with Gasteiger partial charge in [0.1, 0.15) is 11.9 Å². The van der Waals surface area contributed by atoms with Gasteiger partial charge in [-0.25, -0.2) is 14.5 Å². The molecule has 220 valence electrons. The first-order valence-corrected chi connectivity index (χ1v) is 13.8. The second-order valence-electron chi connectivity index (χ2n) is 10.1. The maximum Gasteiger partial charge on any atom is 0.326 e. The van der Waals surface area contributed by atoms with Crippen LogP contribution in [0, 0.1) is 0 Å². The first-order valence-electron chi connectivity index (χ1n) is 13.8. The number of carboxylic acid groups (broad SMARTS) is 1. The fraction of sp³-hybridized carbons (Fsp3) is 0.379. The number of nitrogens with zero attached hydrogens (tertiary/aromatic N) is 7. The van der Waals surface area contributed by atoms with Crippen LogP contribution in [0.2, 0.25) is 0 Å². The van der Waals surface area contributed by atoms with Crippen molar-refractivity contribution in [1.29, 1.82) is 0 Å². The molecule has 2 heterocycles. The van der Waals surface area contributed by atoms with E-state index in [1.807, 2.05) is 28.9 Å². The van der Waals surface area contributed by atoms with Crippen LogP contribution < -0.4 is 5.32 Å². The number of aromatic amines is 1. The Labute approximate surface area is 243 Å². The maximum absolute atomic E-state index is 12.7. The number of aliphatic carboxylic acids is 1. The van der Waals surface area contributed by atoms with Gasteiger partial charge in [0.05, 0.1) is 13.1 Å². The number of unbranched alkanes of at least 4 members (excludes halogenated alkanes) is 1. The van der Waals surface area contributed by atoms with E-state index >= 15 is 0 Å². The molecule has 1 atom stereocenters. The summed E-state index contributed by atoms with van der Waals surface area (Å²) < 4.78 is 1.88. The zero-order valence-corrected chi connectivity index (χ0v) is 23.9. The van der Waals surface area contributed by atoms with Crippen LogP contribution in [0.4, 0.5) is 0 Å². The van der Waals surface area contributed by atoms with E-state index in [2.05, 4.69) is 57.1 Å². The first kappa shape index (κ1) is 30.0. The molecular formula is C29H35N9O4. The molecule has 0 aliphatic heterocycles. The predicted octanol–water partition coefficient (Wildman–Crippen LogP) is 2.84. The number of tetrazole rings is 1. The molecule has 2 amide bonds. The van der Waals surface area contributed by atoms with Crippen molar-refractivity contribution in [2.24, 2.45) is 0 Å². The van der Waals surface area contributed by atoms with Crippen molar-refractivity contribution in [3.05, 3.63) is 65.7 Å². The van der Waals surface area contributed by atoms with Gasteiger partial charge in [0.2, 0.25) is 17.6 Å². The van der Waals surface area contributed by atoms with E-state index in [0.29, 0.717) is 18.2 Å². The van der Waals surface area contributed by atoms with Crippen molar-refractivity contribution < 1.29 is 19.5 Å². The summed E-state index contributed by atoms with van der Waals surface area (Å²) in [6, 6.07) is 15.0. The van der Waals surface area contributed by atoms with Crippen LogP contribution in [0.15, 0.2) is 48.5 Å². The Hall–Kier alpha value is -4.94. The van der Waals surface area contributed by atoms with Gasteiger partial charge < -0.3 is 15.3 Å². The highest BCUT2D eigenvalue weighted by Gasteiger charge is 2.22. The maximum atomic E-state index is 12.7. The van der Waals surface area contributed by atoms with Gasteiger partial charge in [0, 0.05) is 32.4 Å². The Kier molecular flexibility index (Phi) is 10.1. The highest BCUT2D eigenvalue weighted by Crippen LogP contribution is 2.29. The molecule has 4 aromatic rings. The number of carboxylic acids is 1. The zero-order valence-electron chi connectivity index (χ0n) is 23.9. The summed E-state index contributed by atoms with van der Waals surface area (Å²) in [4.78, 5) is 41.5. The molecular weight excluding hydrogens is 538 g/mol. The molecule has 2 aromatic carbocycles. The van der Waals surface area contributed by atoms with Crippen molar-refractivity contribution >= 4 is 17.8 Å². The number of aromatic nitrogens is 7. The van der Waals surface area contributed by atoms with Gasteiger partial charge in [0.15, 0.2) is 5.82 Å². The molecule has 0 aliphatic rings. The van der Waals surface area contributed by atoms with Gasteiger partial charge in [-0.05, 0) is 34.7 Å². The van der Waals surface area contributed by atoms with Crippen molar-refractivity contribution in [2.45, 2.75) is 65.1 Å². The molecule has 0 bridgehead atoms. The number of rotatable bonds is 14. The minimum Gasteiger partial charge on any atom is -0.480 e. The van der Waals surface area contributed by atoms with Crippen LogP contribution in [0.1, 0.15) is 56.7 Å². The second kappa shape index (κ2) is 14.1. The molecule has 0 saturated heterocycles. The number of hydrogen-bond donors (Lipinski definition) is 3. The van der Waals surface area contributed by atoms with E-state index in [0.717, 1.165) is 47.3 Å². The van der Waals surface area contributed by atoms with Crippen molar-refractivity contribution in [3.8, 4) is 22.5 Å². The number of aryl methyl sites for hydroxylation is 1. The Bertz CT molecular complexity index is 1500. The molecule has 13 nitrogen and oxygen atoms in total. The van der Waals surface area contributed by atoms with Crippen LogP contribution in [-0.2, 0) is 33.9 Å². The van der Waals surface area contributed by atoms with Gasteiger partial charge in [-0.15, -0.1) is 10.2 Å². The predicted molar refractivity (Wildman–Crippen MR) is 154 cm³/mol. The third-order valence-electron chi connectivity index (χ3n) is 6.78. The number of nitrogens with one attached hydrogen (secondary N) is 2. The third kappa shape index (κ3) is 7.83. The smallest absolute Gasteiger partial charge is 0.326 e. The van der Waals surface area contributed by atoms with Crippen LogP contribution in [-0.4, -0.2) is 76.3 Å². The number of amides is 2. The molecule has 0 aliphatic carbocycles. The first-order chi connectivity index (χ1) is 20.2. The van der Waals surface area contributed by atoms with Crippen LogP contribution in [0.25, 0.3) is 22.5 Å². The van der Waals surface area contributed by atoms with Crippen molar-refractivity contribution in [3.63, 3.8) is 0 Å². The molecule has 42 heavy (non-hydrogen) atoms. The highest BCUT2D eigenvalue weighted by molar-refractivity contribution is 5.83. The summed E-state index contributed by atoms with van der Waals surface area (Å²) in [7, 11) is 1.63. The number of carbonyl (C=O) groups is 3. The van der Waals surface area contributed by atoms with Gasteiger partial charge in [0.25, 0.3) is 0 Å². The number of benzene rings is 2. The largest absolute Gasteiger partial charge is 0.480 e. The summed E-state index contributed by atoms with van der Waals surface area (Å²) in [5.41, 5.74) is 3.95. The minimum absolute atomic E-state index is 0.00270. The Balaban J connectivity index is 1.45. The average molecular weight is 574 g/mol. The van der Waals surface area contributed by atoms with Gasteiger partial charge in [-0.3, -0.25) is 9.59 Å². The number of hydrogen-bond acceptors (Lipinski definition) is 8. The lowest BCUT2D eigenvalue weighted by molar-refractivity contribution is -0.142. The Morgan fingerprint density at radius 2 is 1.83 bits per heavy atom. The van der Waals surface area contributed by atoms with E-state index in [4.69, 9.17) is 10.1 Å². The molecule has 2 aromatic heterocycles. The van der Waals surface area contributed by atoms with Gasteiger partial charge in [-0.1, -0.05) is 61.9 Å². The molecule has 3 N–H and O–H groups in total. The van der Waals surface area contributed by atoms with Crippen molar-refractivity contribution in [2.75, 3.05) is 7.05 Å². The zero-order chi connectivity index (χ0) is 30.1. The van der Waals surface area contributed by atoms with Crippen LogP contribution >= 0.6 is 0 Å². The number of H-pyrrole nitrogens is 1. The summed E-state index contributed by atoms with van der Waals surface area (Å²) in [5.74, 6) is -0.000172. The summed E-state index contributed by atoms with van der Waals surface area (Å²) in [6.07, 6.45) is 2.69. The molecule has 0 fully saturated rings. The van der Waals surface area contributed by atoms with Gasteiger partial charge >= 0.3 is 5.97 Å². The van der Waals surface area contributed by atoms with E-state index in [1.165, 1.54) is 11.8 Å². The van der Waals surface area contributed by atoms with Crippen molar-refractivity contribution in [1.82, 2.24) is 45.6 Å². The lowest BCUT2D eigenvalue weighted by Crippen LogP contribution is -2.40. The Morgan fingerprint density at radius 1 is 1.10 bits per heavy atom. The third-order valence-corrected chi connectivity index (χ3v) is 6.78. The molecule has 0 radical (unpaired) electrons. The highest BCUT2D eigenvalue weighted by atomic mass is 16.4. The molecule has 1 unspecified atom stereocenters.